The number of aryl methyl sites for hydroxylation is 4. The van der Waals surface area contributed by atoms with E-state index in [0.717, 1.165) is 44.9 Å². The summed E-state index contributed by atoms with van der Waals surface area (Å²) < 4.78 is 0. The van der Waals surface area contributed by atoms with Crippen LogP contribution in [0.3, 0.4) is 0 Å². The molecule has 0 heterocycles. The van der Waals surface area contributed by atoms with E-state index in [1.165, 1.54) is 308 Å². The first-order chi connectivity index (χ1) is 34.6. The highest BCUT2D eigenvalue weighted by molar-refractivity contribution is 6.43. The van der Waals surface area contributed by atoms with Crippen LogP contribution in [0.5, 0.6) is 0 Å². The molecule has 2 aromatic rings. The van der Waals surface area contributed by atoms with Crippen molar-refractivity contribution in [3.05, 3.63) is 58.7 Å². The quantitative estimate of drug-likeness (QED) is 0.0466. The Morgan fingerprint density at radius 2 is 0.429 bits per heavy atom. The lowest BCUT2D eigenvalue weighted by atomic mass is 9.98. The molecule has 0 fully saturated rings. The number of aliphatic imine (C=N–C) groups is 2. The average molecular weight is 966 g/mol. The van der Waals surface area contributed by atoms with Crippen LogP contribution in [0.2, 0.25) is 0 Å². The highest BCUT2D eigenvalue weighted by atomic mass is 14.8. The standard InChI is InChI=1S/C68H120N2/c1-7-13-19-20-21-22-23-24-25-26-27-28-29-30-31-32-33-34-35-36-37-38-39-40-41-42-43-48-54-68(70-66-59-63(51-46-16-10-4)56-64(60-66)52-47-17-11-5)67(53-18-12-6)69-65-57-61(49-44-14-8-2)55-62(58-65)50-45-15-9-3/h55-60H,7-54H2,1-6H3. The maximum Gasteiger partial charge on any atom is 0.0639 e. The third-order valence-electron chi connectivity index (χ3n) is 15.2. The zero-order chi connectivity index (χ0) is 50.2. The molecule has 70 heavy (non-hydrogen) atoms. The summed E-state index contributed by atoms with van der Waals surface area (Å²) in [6.07, 6.45) is 64.6. The molecule has 2 rings (SSSR count). The molecule has 0 unspecified atom stereocenters. The first-order valence-electron chi connectivity index (χ1n) is 32.0. The Balaban J connectivity index is 1.90. The smallest absolute Gasteiger partial charge is 0.0639 e. The van der Waals surface area contributed by atoms with Gasteiger partial charge in [-0.25, -0.2) is 0 Å². The molecule has 0 atom stereocenters. The fourth-order valence-corrected chi connectivity index (χ4v) is 10.7. The van der Waals surface area contributed by atoms with Crippen molar-refractivity contribution >= 4 is 22.8 Å². The summed E-state index contributed by atoms with van der Waals surface area (Å²) in [6, 6.07) is 14.7. The van der Waals surface area contributed by atoms with Crippen molar-refractivity contribution in [3.63, 3.8) is 0 Å². The predicted molar refractivity (Wildman–Crippen MR) is 319 cm³/mol. The van der Waals surface area contributed by atoms with Crippen molar-refractivity contribution in [2.45, 2.75) is 350 Å². The van der Waals surface area contributed by atoms with Crippen molar-refractivity contribution < 1.29 is 0 Å². The van der Waals surface area contributed by atoms with E-state index in [2.05, 4.69) is 77.9 Å². The molecule has 0 aromatic heterocycles. The normalized spacial score (nSPS) is 12.2. The van der Waals surface area contributed by atoms with Crippen molar-refractivity contribution in [1.29, 1.82) is 0 Å². The Labute approximate surface area is 439 Å². The lowest BCUT2D eigenvalue weighted by Crippen LogP contribution is -2.14. The largest absolute Gasteiger partial charge is 0.252 e. The number of rotatable bonds is 51. The highest BCUT2D eigenvalue weighted by Gasteiger charge is 2.13. The molecule has 0 saturated carbocycles. The summed E-state index contributed by atoms with van der Waals surface area (Å²) in [7, 11) is 0. The minimum absolute atomic E-state index is 1.01. The Morgan fingerprint density at radius 3 is 0.671 bits per heavy atom. The molecule has 0 radical (unpaired) electrons. The first-order valence-corrected chi connectivity index (χ1v) is 32.0. The van der Waals surface area contributed by atoms with E-state index in [-0.39, 0.29) is 0 Å². The number of nitrogens with zero attached hydrogens (tertiary/aromatic N) is 2. The average Bonchev–Trinajstić information content (AvgIpc) is 3.36. The molecule has 0 bridgehead atoms. The summed E-state index contributed by atoms with van der Waals surface area (Å²) >= 11 is 0. The summed E-state index contributed by atoms with van der Waals surface area (Å²) in [5.41, 5.74) is 10.8. The Hall–Kier alpha value is -2.22. The summed E-state index contributed by atoms with van der Waals surface area (Å²) in [4.78, 5) is 11.3. The maximum absolute atomic E-state index is 5.67. The molecular weight excluding hydrogens is 845 g/mol. The fourth-order valence-electron chi connectivity index (χ4n) is 10.7. The third-order valence-corrected chi connectivity index (χ3v) is 15.2. The predicted octanol–water partition coefficient (Wildman–Crippen LogP) is 24.0. The van der Waals surface area contributed by atoms with E-state index >= 15 is 0 Å². The van der Waals surface area contributed by atoms with Crippen LogP contribution in [0, 0.1) is 0 Å². The molecule has 0 saturated heterocycles. The van der Waals surface area contributed by atoms with E-state index in [1.54, 1.807) is 0 Å². The van der Waals surface area contributed by atoms with Gasteiger partial charge in [0.15, 0.2) is 0 Å². The van der Waals surface area contributed by atoms with Crippen molar-refractivity contribution in [1.82, 2.24) is 0 Å². The number of unbranched alkanes of at least 4 members (excludes halogenated alkanes) is 36. The van der Waals surface area contributed by atoms with Gasteiger partial charge in [0, 0.05) is 0 Å². The van der Waals surface area contributed by atoms with Crippen LogP contribution in [0.1, 0.15) is 346 Å². The van der Waals surface area contributed by atoms with Crippen LogP contribution >= 0.6 is 0 Å². The van der Waals surface area contributed by atoms with Gasteiger partial charge < -0.3 is 0 Å². The molecule has 0 aliphatic heterocycles. The van der Waals surface area contributed by atoms with E-state index < -0.39 is 0 Å². The molecule has 0 N–H and O–H groups in total. The van der Waals surface area contributed by atoms with E-state index in [1.807, 2.05) is 0 Å². The minimum atomic E-state index is 1.01. The molecule has 2 aromatic carbocycles. The molecule has 0 amide bonds. The van der Waals surface area contributed by atoms with E-state index in [9.17, 15) is 0 Å². The second-order valence-corrected chi connectivity index (χ2v) is 22.4. The SMILES string of the molecule is CCCCCCCCCCCCCCCCCCCCCCCCCCCCCCC(=Nc1cc(CCCCC)cc(CCCCC)c1)C(CCCC)=Nc1cc(CCCCC)cc(CCCCC)c1. The van der Waals surface area contributed by atoms with Gasteiger partial charge in [-0.1, -0.05) is 285 Å². The summed E-state index contributed by atoms with van der Waals surface area (Å²) in [5, 5.41) is 0. The van der Waals surface area contributed by atoms with Gasteiger partial charge in [0.25, 0.3) is 0 Å². The highest BCUT2D eigenvalue weighted by Crippen LogP contribution is 2.27. The summed E-state index contributed by atoms with van der Waals surface area (Å²) in [6.45, 7) is 13.9. The third kappa shape index (κ3) is 35.8. The van der Waals surface area contributed by atoms with Crippen molar-refractivity contribution in [2.24, 2.45) is 9.98 Å². The second-order valence-electron chi connectivity index (χ2n) is 22.4. The fraction of sp³-hybridized carbons (Fsp3) is 0.794. The second kappa shape index (κ2) is 47.8. The van der Waals surface area contributed by atoms with E-state index in [4.69, 9.17) is 9.98 Å². The van der Waals surface area contributed by atoms with Gasteiger partial charge >= 0.3 is 0 Å². The number of hydrogen-bond donors (Lipinski definition) is 0. The Kier molecular flexibility index (Phi) is 43.6. The van der Waals surface area contributed by atoms with Gasteiger partial charge in [0.1, 0.15) is 0 Å². The van der Waals surface area contributed by atoms with Gasteiger partial charge in [-0.2, -0.15) is 0 Å². The zero-order valence-corrected chi connectivity index (χ0v) is 48.3. The first kappa shape index (κ1) is 63.9. The maximum atomic E-state index is 5.67. The monoisotopic (exact) mass is 965 g/mol. The molecule has 0 spiro atoms. The number of benzene rings is 2. The molecule has 2 heteroatoms. The lowest BCUT2D eigenvalue weighted by molar-refractivity contribution is 0.514. The van der Waals surface area contributed by atoms with Crippen LogP contribution < -0.4 is 0 Å². The van der Waals surface area contributed by atoms with Gasteiger partial charge in [-0.05, 0) is 124 Å². The zero-order valence-electron chi connectivity index (χ0n) is 48.3. The van der Waals surface area contributed by atoms with Gasteiger partial charge in [0.05, 0.1) is 22.8 Å². The lowest BCUT2D eigenvalue weighted by Gasteiger charge is -2.14. The minimum Gasteiger partial charge on any atom is -0.252 e. The van der Waals surface area contributed by atoms with Crippen LogP contribution in [0.25, 0.3) is 0 Å². The topological polar surface area (TPSA) is 24.7 Å². The van der Waals surface area contributed by atoms with Crippen LogP contribution in [0.4, 0.5) is 11.4 Å². The molecule has 402 valence electrons. The van der Waals surface area contributed by atoms with Crippen molar-refractivity contribution in [3.8, 4) is 0 Å². The molecule has 0 aliphatic rings. The van der Waals surface area contributed by atoms with Crippen LogP contribution in [-0.4, -0.2) is 11.4 Å². The molecule has 2 nitrogen and oxygen atoms in total. The Bertz CT molecular complexity index is 1460. The van der Waals surface area contributed by atoms with Gasteiger partial charge in [-0.15, -0.1) is 0 Å². The summed E-state index contributed by atoms with van der Waals surface area (Å²) in [5.74, 6) is 0. The van der Waals surface area contributed by atoms with Crippen LogP contribution in [0.15, 0.2) is 46.4 Å². The molecular formula is C68H120N2. The van der Waals surface area contributed by atoms with E-state index in [0.29, 0.717) is 0 Å². The van der Waals surface area contributed by atoms with Crippen LogP contribution in [-0.2, 0) is 25.7 Å². The van der Waals surface area contributed by atoms with Gasteiger partial charge in [0.2, 0.25) is 0 Å². The number of hydrogen-bond acceptors (Lipinski definition) is 2. The molecule has 0 aliphatic carbocycles. The van der Waals surface area contributed by atoms with Gasteiger partial charge in [-0.3, -0.25) is 9.98 Å². The van der Waals surface area contributed by atoms with Crippen molar-refractivity contribution in [2.75, 3.05) is 0 Å². The Morgan fingerprint density at radius 1 is 0.229 bits per heavy atom.